The van der Waals surface area contributed by atoms with Gasteiger partial charge in [-0.15, -0.1) is 0 Å². The van der Waals surface area contributed by atoms with Crippen molar-refractivity contribution in [2.75, 3.05) is 29.9 Å². The smallest absolute Gasteiger partial charge is 0.261 e. The molecule has 6 nitrogen and oxygen atoms in total. The molecule has 0 spiro atoms. The van der Waals surface area contributed by atoms with Crippen LogP contribution in [0.3, 0.4) is 0 Å². The SMILES string of the molecule is O=C(CCN1C(=O)c2ccccc2C1=O)Nc1ccc(N2CCCC2)cc1. The lowest BCUT2D eigenvalue weighted by atomic mass is 10.1. The van der Waals surface area contributed by atoms with E-state index in [1.54, 1.807) is 24.3 Å². The van der Waals surface area contributed by atoms with Gasteiger partial charge in [0.25, 0.3) is 11.8 Å². The second-order valence-corrected chi connectivity index (χ2v) is 6.85. The zero-order valence-corrected chi connectivity index (χ0v) is 15.0. The predicted octanol–water partition coefficient (Wildman–Crippen LogP) is 2.91. The molecule has 0 unspecified atom stereocenters. The zero-order valence-electron chi connectivity index (χ0n) is 15.0. The molecule has 6 heteroatoms. The number of carbonyl (C=O) groups excluding carboxylic acids is 3. The number of fused-ring (bicyclic) bond motifs is 1. The van der Waals surface area contributed by atoms with Gasteiger partial charge in [-0.1, -0.05) is 12.1 Å². The molecule has 2 aromatic carbocycles. The lowest BCUT2D eigenvalue weighted by Crippen LogP contribution is -2.32. The molecule has 1 fully saturated rings. The average molecular weight is 363 g/mol. The van der Waals surface area contributed by atoms with E-state index in [9.17, 15) is 14.4 Å². The van der Waals surface area contributed by atoms with Crippen LogP contribution in [-0.2, 0) is 4.79 Å². The number of rotatable bonds is 5. The van der Waals surface area contributed by atoms with Gasteiger partial charge in [-0.25, -0.2) is 0 Å². The van der Waals surface area contributed by atoms with Gasteiger partial charge in [-0.3, -0.25) is 19.3 Å². The first-order valence-corrected chi connectivity index (χ1v) is 9.23. The van der Waals surface area contributed by atoms with Crippen molar-refractivity contribution in [1.82, 2.24) is 4.90 Å². The summed E-state index contributed by atoms with van der Waals surface area (Å²) in [5, 5.41) is 2.83. The van der Waals surface area contributed by atoms with Gasteiger partial charge in [0.15, 0.2) is 0 Å². The predicted molar refractivity (Wildman–Crippen MR) is 103 cm³/mol. The Balaban J connectivity index is 1.32. The largest absolute Gasteiger partial charge is 0.372 e. The summed E-state index contributed by atoms with van der Waals surface area (Å²) in [5.74, 6) is -0.891. The molecule has 0 bridgehead atoms. The van der Waals surface area contributed by atoms with Gasteiger partial charge in [-0.05, 0) is 49.2 Å². The minimum atomic E-state index is -0.335. The summed E-state index contributed by atoms with van der Waals surface area (Å²) >= 11 is 0. The Morgan fingerprint density at radius 1 is 0.889 bits per heavy atom. The molecular weight excluding hydrogens is 342 g/mol. The Labute approximate surface area is 157 Å². The van der Waals surface area contributed by atoms with Crippen molar-refractivity contribution in [2.45, 2.75) is 19.3 Å². The molecule has 0 aliphatic carbocycles. The fourth-order valence-corrected chi connectivity index (χ4v) is 3.61. The minimum absolute atomic E-state index is 0.0688. The molecule has 2 aromatic rings. The van der Waals surface area contributed by atoms with Crippen LogP contribution in [0.2, 0.25) is 0 Å². The zero-order chi connectivity index (χ0) is 18.8. The van der Waals surface area contributed by atoms with E-state index in [0.717, 1.165) is 23.7 Å². The van der Waals surface area contributed by atoms with E-state index in [-0.39, 0.29) is 30.7 Å². The van der Waals surface area contributed by atoms with E-state index in [1.807, 2.05) is 24.3 Å². The molecule has 2 heterocycles. The Bertz CT molecular complexity index is 851. The maximum absolute atomic E-state index is 12.3. The third-order valence-electron chi connectivity index (χ3n) is 5.06. The van der Waals surface area contributed by atoms with Gasteiger partial charge >= 0.3 is 0 Å². The summed E-state index contributed by atoms with van der Waals surface area (Å²) in [6, 6.07) is 14.5. The van der Waals surface area contributed by atoms with E-state index in [2.05, 4.69) is 10.2 Å². The monoisotopic (exact) mass is 363 g/mol. The maximum Gasteiger partial charge on any atom is 0.261 e. The number of nitrogens with zero attached hydrogens (tertiary/aromatic N) is 2. The number of nitrogens with one attached hydrogen (secondary N) is 1. The highest BCUT2D eigenvalue weighted by molar-refractivity contribution is 6.21. The molecule has 27 heavy (non-hydrogen) atoms. The van der Waals surface area contributed by atoms with Gasteiger partial charge in [0.2, 0.25) is 5.91 Å². The van der Waals surface area contributed by atoms with E-state index in [1.165, 1.54) is 12.8 Å². The highest BCUT2D eigenvalue weighted by atomic mass is 16.2. The normalized spacial score (nSPS) is 16.0. The summed E-state index contributed by atoms with van der Waals surface area (Å²) in [6.45, 7) is 2.22. The second kappa shape index (κ2) is 7.23. The molecule has 1 N–H and O–H groups in total. The Morgan fingerprint density at radius 2 is 1.48 bits per heavy atom. The van der Waals surface area contributed by atoms with Crippen molar-refractivity contribution in [2.24, 2.45) is 0 Å². The molecule has 0 aromatic heterocycles. The number of hydrogen-bond donors (Lipinski definition) is 1. The van der Waals surface area contributed by atoms with Crippen LogP contribution in [0.4, 0.5) is 11.4 Å². The van der Waals surface area contributed by atoms with E-state index in [4.69, 9.17) is 0 Å². The summed E-state index contributed by atoms with van der Waals surface area (Å²) in [5.41, 5.74) is 2.68. The number of anilines is 2. The molecule has 4 rings (SSSR count). The van der Waals surface area contributed by atoms with Crippen LogP contribution in [-0.4, -0.2) is 42.3 Å². The van der Waals surface area contributed by atoms with Crippen LogP contribution in [0, 0.1) is 0 Å². The van der Waals surface area contributed by atoms with Crippen molar-refractivity contribution in [3.63, 3.8) is 0 Å². The first-order chi connectivity index (χ1) is 13.1. The topological polar surface area (TPSA) is 69.7 Å². The first-order valence-electron chi connectivity index (χ1n) is 9.23. The summed E-state index contributed by atoms with van der Waals surface area (Å²) in [7, 11) is 0. The van der Waals surface area contributed by atoms with Crippen LogP contribution >= 0.6 is 0 Å². The molecular formula is C21H21N3O3. The van der Waals surface area contributed by atoms with Gasteiger partial charge < -0.3 is 10.2 Å². The van der Waals surface area contributed by atoms with Crippen molar-refractivity contribution < 1.29 is 14.4 Å². The Kier molecular flexibility index (Phi) is 4.62. The van der Waals surface area contributed by atoms with Crippen LogP contribution < -0.4 is 10.2 Å². The Hall–Kier alpha value is -3.15. The average Bonchev–Trinajstić information content (AvgIpc) is 3.30. The number of hydrogen-bond acceptors (Lipinski definition) is 4. The molecule has 3 amide bonds. The quantitative estimate of drug-likeness (QED) is 0.830. The third kappa shape index (κ3) is 3.43. The summed E-state index contributed by atoms with van der Waals surface area (Å²) < 4.78 is 0. The summed E-state index contributed by atoms with van der Waals surface area (Å²) in [4.78, 5) is 40.3. The van der Waals surface area contributed by atoms with Crippen LogP contribution in [0.15, 0.2) is 48.5 Å². The maximum atomic E-state index is 12.3. The number of carbonyl (C=O) groups is 3. The molecule has 0 radical (unpaired) electrons. The van der Waals surface area contributed by atoms with Gasteiger partial charge in [0.05, 0.1) is 11.1 Å². The fraction of sp³-hybridized carbons (Fsp3) is 0.286. The summed E-state index contributed by atoms with van der Waals surface area (Å²) in [6.07, 6.45) is 2.51. The van der Waals surface area contributed by atoms with Crippen molar-refractivity contribution in [3.05, 3.63) is 59.7 Å². The van der Waals surface area contributed by atoms with Gasteiger partial charge in [-0.2, -0.15) is 0 Å². The molecule has 1 saturated heterocycles. The van der Waals surface area contributed by atoms with E-state index in [0.29, 0.717) is 16.8 Å². The van der Waals surface area contributed by atoms with Crippen LogP contribution in [0.1, 0.15) is 40.0 Å². The highest BCUT2D eigenvalue weighted by Crippen LogP contribution is 2.23. The van der Waals surface area contributed by atoms with Crippen molar-refractivity contribution in [1.29, 1.82) is 0 Å². The van der Waals surface area contributed by atoms with Crippen LogP contribution in [0.25, 0.3) is 0 Å². The van der Waals surface area contributed by atoms with E-state index < -0.39 is 0 Å². The minimum Gasteiger partial charge on any atom is -0.372 e. The molecule has 2 aliphatic rings. The van der Waals surface area contributed by atoms with E-state index >= 15 is 0 Å². The Morgan fingerprint density at radius 3 is 2.07 bits per heavy atom. The number of benzene rings is 2. The fourth-order valence-electron chi connectivity index (χ4n) is 3.61. The molecule has 138 valence electrons. The van der Waals surface area contributed by atoms with Gasteiger partial charge in [0, 0.05) is 37.4 Å². The van der Waals surface area contributed by atoms with Crippen molar-refractivity contribution in [3.8, 4) is 0 Å². The standard InChI is InChI=1S/C21H21N3O3/c25-19(22-15-7-9-16(10-8-15)23-12-3-4-13-23)11-14-24-20(26)17-5-1-2-6-18(17)21(24)27/h1-2,5-10H,3-4,11-14H2,(H,22,25). The molecule has 2 aliphatic heterocycles. The molecule has 0 atom stereocenters. The lowest BCUT2D eigenvalue weighted by molar-refractivity contribution is -0.116. The van der Waals surface area contributed by atoms with Crippen molar-refractivity contribution >= 4 is 29.1 Å². The second-order valence-electron chi connectivity index (χ2n) is 6.85. The van der Waals surface area contributed by atoms with Crippen LogP contribution in [0.5, 0.6) is 0 Å². The van der Waals surface area contributed by atoms with Gasteiger partial charge in [0.1, 0.15) is 0 Å². The third-order valence-corrected chi connectivity index (χ3v) is 5.06. The lowest BCUT2D eigenvalue weighted by Gasteiger charge is -2.18. The number of amides is 3. The first kappa shape index (κ1) is 17.3. The number of imide groups is 1. The highest BCUT2D eigenvalue weighted by Gasteiger charge is 2.34. The molecule has 0 saturated carbocycles.